The molecule has 0 aliphatic rings. The van der Waals surface area contributed by atoms with Crippen LogP contribution in [-0.2, 0) is 0 Å². The molecule has 0 fully saturated rings. The first-order chi connectivity index (χ1) is 8.42. The Balaban J connectivity index is 2.28. The summed E-state index contributed by atoms with van der Waals surface area (Å²) in [7, 11) is 0. The minimum atomic E-state index is 1.06. The molecule has 0 unspecified atom stereocenters. The summed E-state index contributed by atoms with van der Waals surface area (Å²) in [5.41, 5.74) is 3.25. The van der Waals surface area contributed by atoms with Gasteiger partial charge in [-0.2, -0.15) is 0 Å². The Bertz CT molecular complexity index is 837. The van der Waals surface area contributed by atoms with Gasteiger partial charge < -0.3 is 4.98 Å². The molecule has 17 heavy (non-hydrogen) atoms. The van der Waals surface area contributed by atoms with E-state index in [0.29, 0.717) is 0 Å². The summed E-state index contributed by atoms with van der Waals surface area (Å²) in [5, 5.41) is 3.68. The summed E-state index contributed by atoms with van der Waals surface area (Å²) < 4.78 is 0. The number of benzene rings is 2. The zero-order chi connectivity index (χ0) is 11.2. The van der Waals surface area contributed by atoms with E-state index in [1.54, 1.807) is 0 Å². The molecule has 2 nitrogen and oxygen atoms in total. The second-order valence-electron chi connectivity index (χ2n) is 4.26. The fraction of sp³-hybridized carbons (Fsp3) is 0. The zero-order valence-electron chi connectivity index (χ0n) is 9.14. The van der Waals surface area contributed by atoms with Crippen molar-refractivity contribution in [2.45, 2.75) is 0 Å². The van der Waals surface area contributed by atoms with Gasteiger partial charge in [-0.15, -0.1) is 0 Å². The molecule has 2 heterocycles. The van der Waals surface area contributed by atoms with Crippen molar-refractivity contribution in [2.75, 3.05) is 0 Å². The van der Waals surface area contributed by atoms with Crippen LogP contribution in [-0.4, -0.2) is 9.97 Å². The van der Waals surface area contributed by atoms with Gasteiger partial charge >= 0.3 is 0 Å². The number of aromatic amines is 1. The van der Waals surface area contributed by atoms with E-state index in [-0.39, 0.29) is 0 Å². The highest BCUT2D eigenvalue weighted by atomic mass is 14.7. The maximum Gasteiger partial charge on any atom is 0.0737 e. The highest BCUT2D eigenvalue weighted by Gasteiger charge is 2.05. The van der Waals surface area contributed by atoms with Gasteiger partial charge in [-0.1, -0.05) is 24.3 Å². The van der Waals surface area contributed by atoms with Crippen LogP contribution in [0.2, 0.25) is 0 Å². The van der Waals surface area contributed by atoms with E-state index < -0.39 is 0 Å². The van der Waals surface area contributed by atoms with E-state index in [4.69, 9.17) is 0 Å². The van der Waals surface area contributed by atoms with Crippen LogP contribution in [0.15, 0.2) is 54.7 Å². The highest BCUT2D eigenvalue weighted by molar-refractivity contribution is 6.11. The summed E-state index contributed by atoms with van der Waals surface area (Å²) in [5.74, 6) is 0. The van der Waals surface area contributed by atoms with Crippen molar-refractivity contribution in [3.63, 3.8) is 0 Å². The van der Waals surface area contributed by atoms with Crippen LogP contribution in [0.3, 0.4) is 0 Å². The zero-order valence-corrected chi connectivity index (χ0v) is 9.14. The van der Waals surface area contributed by atoms with Crippen LogP contribution in [0.25, 0.3) is 32.7 Å². The number of H-pyrrole nitrogens is 1. The third-order valence-corrected chi connectivity index (χ3v) is 3.21. The Morgan fingerprint density at radius 2 is 1.76 bits per heavy atom. The third-order valence-electron chi connectivity index (χ3n) is 3.21. The first-order valence-corrected chi connectivity index (χ1v) is 5.67. The maximum atomic E-state index is 4.65. The molecule has 0 atom stereocenters. The predicted molar refractivity (Wildman–Crippen MR) is 71.1 cm³/mol. The number of hydrogen-bond donors (Lipinski definition) is 1. The molecule has 0 aliphatic heterocycles. The van der Waals surface area contributed by atoms with E-state index in [2.05, 4.69) is 46.4 Å². The molecule has 0 radical (unpaired) electrons. The molecule has 80 valence electrons. The van der Waals surface area contributed by atoms with E-state index in [0.717, 1.165) is 16.6 Å². The molecular formula is C15H10N2. The SMILES string of the molecule is c1c[nH]c2cc3nc4ccccc4c3cc2c1. The number of nitrogens with zero attached hydrogens (tertiary/aromatic N) is 1. The predicted octanol–water partition coefficient (Wildman–Crippen LogP) is 3.87. The normalized spacial score (nSPS) is 11.5. The summed E-state index contributed by atoms with van der Waals surface area (Å²) in [6.45, 7) is 0. The lowest BCUT2D eigenvalue weighted by Gasteiger charge is -1.97. The minimum Gasteiger partial charge on any atom is -0.361 e. The average Bonchev–Trinajstić information content (AvgIpc) is 2.73. The number of para-hydroxylation sites is 1. The number of nitrogens with one attached hydrogen (secondary N) is 1. The van der Waals surface area contributed by atoms with Gasteiger partial charge in [0.15, 0.2) is 0 Å². The molecule has 0 aliphatic carbocycles. The summed E-state index contributed by atoms with van der Waals surface area (Å²) in [4.78, 5) is 7.89. The smallest absolute Gasteiger partial charge is 0.0737 e. The van der Waals surface area contributed by atoms with Crippen molar-refractivity contribution in [1.82, 2.24) is 9.97 Å². The van der Waals surface area contributed by atoms with E-state index >= 15 is 0 Å². The van der Waals surface area contributed by atoms with E-state index in [1.165, 1.54) is 16.2 Å². The number of rotatable bonds is 0. The van der Waals surface area contributed by atoms with Crippen LogP contribution >= 0.6 is 0 Å². The molecule has 0 amide bonds. The molecule has 0 bridgehead atoms. The number of aromatic nitrogens is 2. The number of fused-ring (bicyclic) bond motifs is 4. The second-order valence-corrected chi connectivity index (χ2v) is 4.26. The Kier molecular flexibility index (Phi) is 1.59. The van der Waals surface area contributed by atoms with Crippen LogP contribution in [0.4, 0.5) is 0 Å². The van der Waals surface area contributed by atoms with Gasteiger partial charge in [0.1, 0.15) is 0 Å². The average molecular weight is 218 g/mol. The van der Waals surface area contributed by atoms with Gasteiger partial charge in [0.05, 0.1) is 11.0 Å². The summed E-state index contributed by atoms with van der Waals surface area (Å²) >= 11 is 0. The van der Waals surface area contributed by atoms with Crippen LogP contribution in [0.1, 0.15) is 0 Å². The molecule has 4 aromatic rings. The van der Waals surface area contributed by atoms with Crippen LogP contribution in [0, 0.1) is 0 Å². The van der Waals surface area contributed by atoms with Crippen molar-refractivity contribution in [3.05, 3.63) is 54.7 Å². The van der Waals surface area contributed by atoms with Crippen molar-refractivity contribution in [3.8, 4) is 0 Å². The molecule has 0 spiro atoms. The molecular weight excluding hydrogens is 208 g/mol. The molecule has 2 aromatic carbocycles. The molecule has 0 saturated carbocycles. The second kappa shape index (κ2) is 3.08. The Labute approximate surface area is 97.9 Å². The minimum absolute atomic E-state index is 1.06. The quantitative estimate of drug-likeness (QED) is 0.477. The highest BCUT2D eigenvalue weighted by Crippen LogP contribution is 2.28. The van der Waals surface area contributed by atoms with Crippen molar-refractivity contribution < 1.29 is 0 Å². The Hall–Kier alpha value is -2.35. The molecule has 2 aromatic heterocycles. The maximum absolute atomic E-state index is 4.65. The monoisotopic (exact) mass is 218 g/mol. The topological polar surface area (TPSA) is 28.7 Å². The van der Waals surface area contributed by atoms with Gasteiger partial charge in [-0.3, -0.25) is 0 Å². The van der Waals surface area contributed by atoms with Crippen molar-refractivity contribution in [2.24, 2.45) is 0 Å². The number of pyridine rings is 1. The van der Waals surface area contributed by atoms with Crippen LogP contribution < -0.4 is 0 Å². The van der Waals surface area contributed by atoms with E-state index in [1.807, 2.05) is 18.3 Å². The standard InChI is InChI=1S/C15H10N2/c1-2-6-13-11(5-1)12-8-10-4-3-7-16-14(10)9-15(12)17-13/h1-9,16H. The Morgan fingerprint density at radius 3 is 2.76 bits per heavy atom. The van der Waals surface area contributed by atoms with Crippen LogP contribution in [0.5, 0.6) is 0 Å². The van der Waals surface area contributed by atoms with Gasteiger partial charge in [-0.25, -0.2) is 4.98 Å². The van der Waals surface area contributed by atoms with Gasteiger partial charge in [0.2, 0.25) is 0 Å². The van der Waals surface area contributed by atoms with Gasteiger partial charge in [0, 0.05) is 22.5 Å². The largest absolute Gasteiger partial charge is 0.361 e. The Morgan fingerprint density at radius 1 is 0.824 bits per heavy atom. The first-order valence-electron chi connectivity index (χ1n) is 5.67. The molecule has 2 heteroatoms. The lowest BCUT2D eigenvalue weighted by atomic mass is 10.1. The lowest BCUT2D eigenvalue weighted by molar-refractivity contribution is 1.42. The fourth-order valence-electron chi connectivity index (χ4n) is 2.39. The van der Waals surface area contributed by atoms with Crippen molar-refractivity contribution in [1.29, 1.82) is 0 Å². The summed E-state index contributed by atoms with van der Waals surface area (Å²) in [6, 6.07) is 16.7. The van der Waals surface area contributed by atoms with Crippen molar-refractivity contribution >= 4 is 32.7 Å². The van der Waals surface area contributed by atoms with Gasteiger partial charge in [-0.05, 0) is 29.7 Å². The summed E-state index contributed by atoms with van der Waals surface area (Å²) in [6.07, 6.45) is 1.94. The lowest BCUT2D eigenvalue weighted by Crippen LogP contribution is -1.77. The fourth-order valence-corrected chi connectivity index (χ4v) is 2.39. The third kappa shape index (κ3) is 1.18. The molecule has 1 N–H and O–H groups in total. The molecule has 4 rings (SSSR count). The van der Waals surface area contributed by atoms with Gasteiger partial charge in [0.25, 0.3) is 0 Å². The van der Waals surface area contributed by atoms with E-state index in [9.17, 15) is 0 Å². The molecule has 0 saturated heterocycles. The number of hydrogen-bond acceptors (Lipinski definition) is 1. The first kappa shape index (κ1) is 8.76.